The van der Waals surface area contributed by atoms with Gasteiger partial charge in [0.15, 0.2) is 5.82 Å². The Labute approximate surface area is 176 Å². The topological polar surface area (TPSA) is 64.3 Å². The molecule has 2 heterocycles. The number of rotatable bonds is 6. The molecule has 1 aliphatic carbocycles. The number of aryl methyl sites for hydroxylation is 2. The lowest BCUT2D eigenvalue weighted by atomic mass is 10.1. The van der Waals surface area contributed by atoms with Crippen molar-refractivity contribution in [3.8, 4) is 5.75 Å². The van der Waals surface area contributed by atoms with E-state index in [4.69, 9.17) is 19.8 Å². The summed E-state index contributed by atoms with van der Waals surface area (Å²) >= 11 is 0. The fourth-order valence-electron chi connectivity index (χ4n) is 4.10. The van der Waals surface area contributed by atoms with Crippen molar-refractivity contribution >= 4 is 11.6 Å². The van der Waals surface area contributed by atoms with Crippen molar-refractivity contribution in [2.45, 2.75) is 39.2 Å². The van der Waals surface area contributed by atoms with Gasteiger partial charge < -0.3 is 10.1 Å². The van der Waals surface area contributed by atoms with Gasteiger partial charge in [-0.15, -0.1) is 5.10 Å². The maximum Gasteiger partial charge on any atom is 0.254 e. The number of nitrogens with zero attached hydrogens (tertiary/aromatic N) is 4. The van der Waals surface area contributed by atoms with Gasteiger partial charge in [-0.3, -0.25) is 0 Å². The summed E-state index contributed by atoms with van der Waals surface area (Å²) in [4.78, 5) is 9.54. The Kier molecular flexibility index (Phi) is 4.83. The van der Waals surface area contributed by atoms with Crippen LogP contribution in [0.3, 0.4) is 0 Å². The summed E-state index contributed by atoms with van der Waals surface area (Å²) in [7, 11) is 1.70. The molecule has 0 aliphatic heterocycles. The van der Waals surface area contributed by atoms with Crippen LogP contribution in [0.5, 0.6) is 5.75 Å². The summed E-state index contributed by atoms with van der Waals surface area (Å²) in [6.07, 6.45) is 3.82. The molecule has 2 aromatic heterocycles. The summed E-state index contributed by atoms with van der Waals surface area (Å²) in [6, 6.07) is 16.6. The van der Waals surface area contributed by atoms with Crippen molar-refractivity contribution in [2.75, 3.05) is 12.4 Å². The van der Waals surface area contributed by atoms with Crippen LogP contribution in [-0.2, 0) is 25.8 Å². The Hall–Kier alpha value is -3.41. The molecule has 5 rings (SSSR count). The molecule has 30 heavy (non-hydrogen) atoms. The van der Waals surface area contributed by atoms with Gasteiger partial charge in [0.25, 0.3) is 5.78 Å². The Balaban J connectivity index is 1.49. The molecule has 0 radical (unpaired) electrons. The molecule has 0 fully saturated rings. The summed E-state index contributed by atoms with van der Waals surface area (Å²) in [5.41, 5.74) is 5.95. The molecule has 4 aromatic rings. The molecule has 1 N–H and O–H groups in total. The number of aromatic nitrogens is 4. The Morgan fingerprint density at radius 3 is 2.70 bits per heavy atom. The molecular formula is C24H25N5O. The largest absolute Gasteiger partial charge is 0.496 e. The normalized spacial score (nSPS) is 12.9. The molecule has 2 aromatic carbocycles. The van der Waals surface area contributed by atoms with Crippen LogP contribution in [0, 0.1) is 6.92 Å². The number of hydrogen-bond donors (Lipinski definition) is 1. The SMILES string of the molecule is COc1ccccc1CNc1c2c(nc3nc(Cc4ccc(C)cc4)nn13)CCC2. The van der Waals surface area contributed by atoms with Crippen molar-refractivity contribution in [1.29, 1.82) is 0 Å². The molecule has 0 spiro atoms. The van der Waals surface area contributed by atoms with Gasteiger partial charge >= 0.3 is 0 Å². The number of para-hydroxylation sites is 1. The van der Waals surface area contributed by atoms with Gasteiger partial charge in [0.1, 0.15) is 11.6 Å². The second-order valence-electron chi connectivity index (χ2n) is 7.81. The lowest BCUT2D eigenvalue weighted by molar-refractivity contribution is 0.410. The van der Waals surface area contributed by atoms with E-state index in [2.05, 4.69) is 42.6 Å². The lowest BCUT2D eigenvalue weighted by Gasteiger charge is -2.14. The zero-order chi connectivity index (χ0) is 20.5. The maximum atomic E-state index is 5.51. The van der Waals surface area contributed by atoms with E-state index >= 15 is 0 Å². The smallest absolute Gasteiger partial charge is 0.254 e. The first kappa shape index (κ1) is 18.6. The lowest BCUT2D eigenvalue weighted by Crippen LogP contribution is -2.11. The molecule has 0 saturated carbocycles. The Bertz CT molecular complexity index is 1200. The van der Waals surface area contributed by atoms with Gasteiger partial charge in [0, 0.05) is 24.1 Å². The number of methoxy groups -OCH3 is 1. The summed E-state index contributed by atoms with van der Waals surface area (Å²) < 4.78 is 7.38. The van der Waals surface area contributed by atoms with Crippen molar-refractivity contribution in [3.63, 3.8) is 0 Å². The second kappa shape index (κ2) is 7.78. The molecule has 0 amide bonds. The number of ether oxygens (including phenoxy) is 1. The molecule has 0 unspecified atom stereocenters. The Morgan fingerprint density at radius 2 is 1.87 bits per heavy atom. The van der Waals surface area contributed by atoms with E-state index in [1.54, 1.807) is 7.11 Å². The van der Waals surface area contributed by atoms with Crippen LogP contribution in [0.15, 0.2) is 48.5 Å². The molecule has 6 nitrogen and oxygen atoms in total. The number of nitrogens with one attached hydrogen (secondary N) is 1. The van der Waals surface area contributed by atoms with E-state index in [1.807, 2.05) is 22.7 Å². The van der Waals surface area contributed by atoms with Crippen LogP contribution in [-0.4, -0.2) is 26.7 Å². The predicted octanol–water partition coefficient (Wildman–Crippen LogP) is 4.13. The predicted molar refractivity (Wildman–Crippen MR) is 117 cm³/mol. The minimum atomic E-state index is 0.655. The van der Waals surface area contributed by atoms with Crippen molar-refractivity contribution in [1.82, 2.24) is 19.6 Å². The summed E-state index contributed by atoms with van der Waals surface area (Å²) in [5.74, 6) is 3.34. The number of anilines is 1. The number of fused-ring (bicyclic) bond motifs is 2. The highest BCUT2D eigenvalue weighted by Gasteiger charge is 2.22. The Morgan fingerprint density at radius 1 is 1.03 bits per heavy atom. The molecule has 0 bridgehead atoms. The van der Waals surface area contributed by atoms with E-state index in [0.717, 1.165) is 47.9 Å². The van der Waals surface area contributed by atoms with Gasteiger partial charge in [-0.1, -0.05) is 48.0 Å². The van der Waals surface area contributed by atoms with Gasteiger partial charge in [0.2, 0.25) is 0 Å². The number of benzene rings is 2. The van der Waals surface area contributed by atoms with Crippen molar-refractivity contribution in [3.05, 3.63) is 82.3 Å². The van der Waals surface area contributed by atoms with E-state index in [9.17, 15) is 0 Å². The minimum Gasteiger partial charge on any atom is -0.496 e. The minimum absolute atomic E-state index is 0.655. The van der Waals surface area contributed by atoms with Crippen LogP contribution in [0.1, 0.15) is 40.2 Å². The molecule has 6 heteroatoms. The monoisotopic (exact) mass is 399 g/mol. The average Bonchev–Trinajstić information content (AvgIpc) is 3.39. The molecule has 0 atom stereocenters. The fraction of sp³-hybridized carbons (Fsp3) is 0.292. The van der Waals surface area contributed by atoms with Crippen LogP contribution >= 0.6 is 0 Å². The van der Waals surface area contributed by atoms with Gasteiger partial charge in [0.05, 0.1) is 12.8 Å². The molecule has 1 aliphatic rings. The highest BCUT2D eigenvalue weighted by molar-refractivity contribution is 5.55. The summed E-state index contributed by atoms with van der Waals surface area (Å²) in [5, 5.41) is 8.42. The van der Waals surface area contributed by atoms with Crippen LogP contribution in [0.4, 0.5) is 5.82 Å². The quantitative estimate of drug-likeness (QED) is 0.528. The van der Waals surface area contributed by atoms with Crippen molar-refractivity contribution < 1.29 is 4.74 Å². The average molecular weight is 399 g/mol. The van der Waals surface area contributed by atoms with Crippen molar-refractivity contribution in [2.24, 2.45) is 0 Å². The highest BCUT2D eigenvalue weighted by Crippen LogP contribution is 2.29. The fourth-order valence-corrected chi connectivity index (χ4v) is 4.10. The third kappa shape index (κ3) is 3.49. The zero-order valence-corrected chi connectivity index (χ0v) is 17.4. The second-order valence-corrected chi connectivity index (χ2v) is 7.81. The van der Waals surface area contributed by atoms with E-state index in [-0.39, 0.29) is 0 Å². The first-order valence-corrected chi connectivity index (χ1v) is 10.4. The van der Waals surface area contributed by atoms with Crippen LogP contribution in [0.25, 0.3) is 5.78 Å². The van der Waals surface area contributed by atoms with Crippen LogP contribution < -0.4 is 10.1 Å². The third-order valence-electron chi connectivity index (χ3n) is 5.68. The van der Waals surface area contributed by atoms with Gasteiger partial charge in [-0.2, -0.15) is 9.50 Å². The standard InChI is InChI=1S/C24H25N5O/c1-16-10-12-17(13-11-16)14-22-27-24-26-20-8-5-7-19(20)23(29(24)28-22)25-15-18-6-3-4-9-21(18)30-2/h3-4,6,9-13,25H,5,7-8,14-15H2,1-2H3. The molecule has 152 valence electrons. The number of hydrogen-bond acceptors (Lipinski definition) is 5. The first-order chi connectivity index (χ1) is 14.7. The van der Waals surface area contributed by atoms with Gasteiger partial charge in [-0.25, -0.2) is 4.98 Å². The maximum absolute atomic E-state index is 5.51. The first-order valence-electron chi connectivity index (χ1n) is 10.4. The zero-order valence-electron chi connectivity index (χ0n) is 17.4. The molecular weight excluding hydrogens is 374 g/mol. The van der Waals surface area contributed by atoms with Gasteiger partial charge in [-0.05, 0) is 37.8 Å². The van der Waals surface area contributed by atoms with E-state index in [1.165, 1.54) is 16.7 Å². The van der Waals surface area contributed by atoms with E-state index < -0.39 is 0 Å². The summed E-state index contributed by atoms with van der Waals surface area (Å²) in [6.45, 7) is 2.75. The molecule has 0 saturated heterocycles. The van der Waals surface area contributed by atoms with E-state index in [0.29, 0.717) is 18.7 Å². The third-order valence-corrected chi connectivity index (χ3v) is 5.68. The van der Waals surface area contributed by atoms with Crippen LogP contribution in [0.2, 0.25) is 0 Å². The highest BCUT2D eigenvalue weighted by atomic mass is 16.5.